The summed E-state index contributed by atoms with van der Waals surface area (Å²) in [5.41, 5.74) is 0.555. The van der Waals surface area contributed by atoms with Gasteiger partial charge in [-0.25, -0.2) is 14.4 Å². The molecule has 0 atom stereocenters. The monoisotopic (exact) mass is 437 g/mol. The molecule has 164 valence electrons. The van der Waals surface area contributed by atoms with Crippen LogP contribution in [0.4, 0.5) is 10.2 Å². The molecule has 0 spiro atoms. The molecule has 0 radical (unpaired) electrons. The lowest BCUT2D eigenvalue weighted by Gasteiger charge is -2.10. The Bertz CT molecular complexity index is 1150. The normalized spacial score (nSPS) is 11.0. The van der Waals surface area contributed by atoms with E-state index in [1.54, 1.807) is 12.1 Å². The second-order valence-electron chi connectivity index (χ2n) is 6.31. The molecule has 0 saturated heterocycles. The van der Waals surface area contributed by atoms with Crippen LogP contribution in [0.2, 0.25) is 0 Å². The predicted molar refractivity (Wildman–Crippen MR) is 114 cm³/mol. The van der Waals surface area contributed by atoms with Crippen molar-refractivity contribution in [3.05, 3.63) is 85.1 Å². The van der Waals surface area contributed by atoms with Gasteiger partial charge in [-0.05, 0) is 23.4 Å². The zero-order valence-corrected chi connectivity index (χ0v) is 17.2. The largest absolute Gasteiger partial charge is 0.497 e. The Morgan fingerprint density at radius 3 is 2.75 bits per heavy atom. The Balaban J connectivity index is 1.62. The van der Waals surface area contributed by atoms with E-state index in [0.29, 0.717) is 17.3 Å². The van der Waals surface area contributed by atoms with Crippen molar-refractivity contribution in [3.63, 3.8) is 0 Å². The number of carbonyl (C=O) groups excluding carboxylic acids is 1. The quantitative estimate of drug-likeness (QED) is 0.380. The number of tetrazole rings is 1. The average molecular weight is 437 g/mol. The van der Waals surface area contributed by atoms with Gasteiger partial charge in [0, 0.05) is 11.6 Å². The van der Waals surface area contributed by atoms with Crippen molar-refractivity contribution in [3.8, 4) is 5.75 Å². The van der Waals surface area contributed by atoms with E-state index in [1.165, 1.54) is 19.5 Å². The fourth-order valence-electron chi connectivity index (χ4n) is 2.51. The average Bonchev–Trinajstić information content (AvgIpc) is 3.23. The third kappa shape index (κ3) is 6.29. The minimum Gasteiger partial charge on any atom is -0.497 e. The molecule has 32 heavy (non-hydrogen) atoms. The maximum atomic E-state index is 13.3. The van der Waals surface area contributed by atoms with Gasteiger partial charge in [0.25, 0.3) is 0 Å². The van der Waals surface area contributed by atoms with Gasteiger partial charge in [0.2, 0.25) is 11.7 Å². The molecule has 2 heterocycles. The van der Waals surface area contributed by atoms with Crippen LogP contribution < -0.4 is 10.1 Å². The van der Waals surface area contributed by atoms with Gasteiger partial charge >= 0.3 is 0 Å². The van der Waals surface area contributed by atoms with Gasteiger partial charge in [-0.1, -0.05) is 31.4 Å². The number of ether oxygens (including phenoxy) is 2. The zero-order chi connectivity index (χ0) is 22.9. The number of benzene rings is 1. The number of rotatable bonds is 10. The molecule has 1 amide bonds. The lowest BCUT2D eigenvalue weighted by atomic mass is 10.1. The van der Waals surface area contributed by atoms with Crippen LogP contribution in [0.3, 0.4) is 0 Å². The van der Waals surface area contributed by atoms with Gasteiger partial charge in [0.1, 0.15) is 36.0 Å². The second kappa shape index (κ2) is 10.6. The minimum atomic E-state index is -0.702. The number of allylic oxidation sites excluding steroid dienone is 3. The molecular weight excluding hydrogens is 417 g/mol. The van der Waals surface area contributed by atoms with Crippen molar-refractivity contribution in [2.75, 3.05) is 12.4 Å². The number of nitrogens with one attached hydrogen (secondary N) is 1. The maximum absolute atomic E-state index is 13.3. The van der Waals surface area contributed by atoms with Crippen LogP contribution in [-0.4, -0.2) is 43.2 Å². The van der Waals surface area contributed by atoms with E-state index in [9.17, 15) is 9.18 Å². The van der Waals surface area contributed by atoms with Gasteiger partial charge in [-0.3, -0.25) is 4.79 Å². The van der Waals surface area contributed by atoms with Crippen molar-refractivity contribution in [2.45, 2.75) is 13.2 Å². The maximum Gasteiger partial charge on any atom is 0.249 e. The van der Waals surface area contributed by atoms with Crippen molar-refractivity contribution in [1.82, 2.24) is 30.2 Å². The minimum absolute atomic E-state index is 0.110. The number of anilines is 1. The van der Waals surface area contributed by atoms with Crippen molar-refractivity contribution < 1.29 is 18.7 Å². The molecule has 0 unspecified atom stereocenters. The number of carbonyl (C=O) groups is 1. The van der Waals surface area contributed by atoms with E-state index in [4.69, 9.17) is 9.47 Å². The van der Waals surface area contributed by atoms with Crippen LogP contribution in [0.25, 0.3) is 5.57 Å². The van der Waals surface area contributed by atoms with E-state index in [1.807, 2.05) is 18.2 Å². The molecule has 0 saturated carbocycles. The molecule has 3 rings (SSSR count). The number of nitrogens with zero attached hydrogens (tertiary/aromatic N) is 6. The van der Waals surface area contributed by atoms with E-state index in [-0.39, 0.29) is 30.3 Å². The summed E-state index contributed by atoms with van der Waals surface area (Å²) in [5.74, 6) is 0.205. The van der Waals surface area contributed by atoms with Gasteiger partial charge in [-0.2, -0.15) is 4.80 Å². The van der Waals surface area contributed by atoms with Crippen LogP contribution in [0.5, 0.6) is 5.75 Å². The molecule has 0 aliphatic carbocycles. The zero-order valence-electron chi connectivity index (χ0n) is 17.2. The first kappa shape index (κ1) is 22.3. The SMILES string of the molecule is C=C(F)/C=C(\C(=C)OC)c1cc(NC(=O)Cn2nnc(COc3ccccc3)n2)ncn1. The summed E-state index contributed by atoms with van der Waals surface area (Å²) < 4.78 is 23.9. The number of amides is 1. The van der Waals surface area contributed by atoms with Gasteiger partial charge in [0.05, 0.1) is 12.8 Å². The standard InChI is InChI=1S/C21H20FN7O3/c1-14(22)9-17(15(2)31-3)18-10-19(24-13-23-18)25-21(30)11-29-27-20(26-28-29)12-32-16-7-5-4-6-8-16/h4-10,13H,1-2,11-12H2,3H3,(H,23,24,25,30)/b17-9+. The first-order valence-corrected chi connectivity index (χ1v) is 9.30. The Morgan fingerprint density at radius 1 is 1.25 bits per heavy atom. The highest BCUT2D eigenvalue weighted by Gasteiger charge is 2.13. The van der Waals surface area contributed by atoms with E-state index < -0.39 is 11.7 Å². The number of hydrogen-bond acceptors (Lipinski definition) is 8. The molecular formula is C21H20FN7O3. The number of para-hydroxylation sites is 1. The van der Waals surface area contributed by atoms with Crippen LogP contribution in [0, 0.1) is 0 Å². The molecule has 11 heteroatoms. The fraction of sp³-hybridized carbons (Fsp3) is 0.143. The van der Waals surface area contributed by atoms with Crippen molar-refractivity contribution in [1.29, 1.82) is 0 Å². The molecule has 3 aromatic rings. The Morgan fingerprint density at radius 2 is 2.03 bits per heavy atom. The number of methoxy groups -OCH3 is 1. The Kier molecular flexibility index (Phi) is 7.36. The lowest BCUT2D eigenvalue weighted by Crippen LogP contribution is -2.21. The summed E-state index contributed by atoms with van der Waals surface area (Å²) >= 11 is 0. The van der Waals surface area contributed by atoms with Gasteiger partial charge < -0.3 is 14.8 Å². The molecule has 1 N–H and O–H groups in total. The number of hydrogen-bond donors (Lipinski definition) is 1. The fourth-order valence-corrected chi connectivity index (χ4v) is 2.51. The molecule has 0 aliphatic rings. The molecule has 10 nitrogen and oxygen atoms in total. The van der Waals surface area contributed by atoms with Crippen LogP contribution in [-0.2, 0) is 22.7 Å². The second-order valence-corrected chi connectivity index (χ2v) is 6.31. The summed E-state index contributed by atoms with van der Waals surface area (Å²) in [4.78, 5) is 21.6. The molecule has 1 aromatic carbocycles. The highest BCUT2D eigenvalue weighted by Crippen LogP contribution is 2.23. The van der Waals surface area contributed by atoms with Crippen LogP contribution in [0.15, 0.2) is 73.5 Å². The van der Waals surface area contributed by atoms with Crippen LogP contribution >= 0.6 is 0 Å². The van der Waals surface area contributed by atoms with Crippen LogP contribution in [0.1, 0.15) is 11.5 Å². The summed E-state index contributed by atoms with van der Waals surface area (Å²) in [6.45, 7) is 6.81. The highest BCUT2D eigenvalue weighted by molar-refractivity contribution is 5.90. The molecule has 0 fully saturated rings. The smallest absolute Gasteiger partial charge is 0.249 e. The Hall–Kier alpha value is -4.41. The first-order chi connectivity index (χ1) is 15.4. The first-order valence-electron chi connectivity index (χ1n) is 9.30. The topological polar surface area (TPSA) is 117 Å². The molecule has 0 aliphatic heterocycles. The number of halogens is 1. The lowest BCUT2D eigenvalue weighted by molar-refractivity contribution is -0.117. The number of aromatic nitrogens is 6. The molecule has 2 aromatic heterocycles. The summed E-state index contributed by atoms with van der Waals surface area (Å²) in [7, 11) is 1.39. The van der Waals surface area contributed by atoms with E-state index in [0.717, 1.165) is 10.9 Å². The summed E-state index contributed by atoms with van der Waals surface area (Å²) in [5, 5.41) is 14.4. The Labute approximate surface area is 183 Å². The highest BCUT2D eigenvalue weighted by atomic mass is 19.1. The summed E-state index contributed by atoms with van der Waals surface area (Å²) in [6, 6.07) is 10.6. The van der Waals surface area contributed by atoms with E-state index >= 15 is 0 Å². The van der Waals surface area contributed by atoms with E-state index in [2.05, 4.69) is 43.9 Å². The van der Waals surface area contributed by atoms with Crippen molar-refractivity contribution in [2.24, 2.45) is 0 Å². The van der Waals surface area contributed by atoms with Gasteiger partial charge in [0.15, 0.2) is 6.61 Å². The molecule has 0 bridgehead atoms. The predicted octanol–water partition coefficient (Wildman–Crippen LogP) is 2.71. The third-order valence-corrected chi connectivity index (χ3v) is 3.95. The van der Waals surface area contributed by atoms with Gasteiger partial charge in [-0.15, -0.1) is 10.2 Å². The third-order valence-electron chi connectivity index (χ3n) is 3.95. The summed E-state index contributed by atoms with van der Waals surface area (Å²) in [6.07, 6.45) is 2.34. The van der Waals surface area contributed by atoms with Crippen molar-refractivity contribution >= 4 is 17.3 Å².